The number of alkyl halides is 3. The van der Waals surface area contributed by atoms with E-state index < -0.39 is 17.7 Å². The van der Waals surface area contributed by atoms with E-state index in [-0.39, 0.29) is 11.5 Å². The van der Waals surface area contributed by atoms with Gasteiger partial charge < -0.3 is 10.4 Å². The third-order valence-corrected chi connectivity index (χ3v) is 5.20. The van der Waals surface area contributed by atoms with E-state index >= 15 is 0 Å². The van der Waals surface area contributed by atoms with E-state index in [0.29, 0.717) is 22.6 Å². The van der Waals surface area contributed by atoms with Crippen molar-refractivity contribution in [1.29, 1.82) is 0 Å². The van der Waals surface area contributed by atoms with Gasteiger partial charge in [0.25, 0.3) is 0 Å². The van der Waals surface area contributed by atoms with Crippen LogP contribution in [0.15, 0.2) is 48.5 Å². The molecule has 2 aromatic carbocycles. The topological polar surface area (TPSA) is 79.5 Å². The SMILES string of the molecule is Cc1cccc(C)c1-c1c(C)nn2c(Nc3ccc(C(F)(F)F)cc3)cc(C(=O)O)nc12. The maximum absolute atomic E-state index is 12.9. The van der Waals surface area contributed by atoms with E-state index in [1.807, 2.05) is 32.0 Å². The number of halogens is 3. The van der Waals surface area contributed by atoms with Gasteiger partial charge in [-0.1, -0.05) is 18.2 Å². The van der Waals surface area contributed by atoms with Crippen LogP contribution in [0.4, 0.5) is 24.7 Å². The number of aromatic nitrogens is 3. The van der Waals surface area contributed by atoms with Crippen molar-refractivity contribution in [3.05, 3.63) is 76.6 Å². The van der Waals surface area contributed by atoms with Gasteiger partial charge >= 0.3 is 12.1 Å². The number of rotatable bonds is 4. The Labute approximate surface area is 181 Å². The van der Waals surface area contributed by atoms with Crippen LogP contribution >= 0.6 is 0 Å². The van der Waals surface area contributed by atoms with E-state index in [0.717, 1.165) is 28.8 Å². The second kappa shape index (κ2) is 7.67. The van der Waals surface area contributed by atoms with Gasteiger partial charge in [0.15, 0.2) is 11.3 Å². The zero-order chi connectivity index (χ0) is 23.2. The maximum Gasteiger partial charge on any atom is 0.416 e. The summed E-state index contributed by atoms with van der Waals surface area (Å²) in [5, 5.41) is 17.1. The van der Waals surface area contributed by atoms with Gasteiger partial charge in [0, 0.05) is 11.8 Å². The minimum Gasteiger partial charge on any atom is -0.477 e. The maximum atomic E-state index is 12.9. The van der Waals surface area contributed by atoms with Crippen molar-refractivity contribution in [2.45, 2.75) is 26.9 Å². The Kier molecular flexibility index (Phi) is 5.12. The van der Waals surface area contributed by atoms with Crippen molar-refractivity contribution >= 4 is 23.1 Å². The number of aryl methyl sites for hydroxylation is 3. The van der Waals surface area contributed by atoms with Crippen LogP contribution in [0.5, 0.6) is 0 Å². The number of carboxylic acids is 1. The fourth-order valence-electron chi connectivity index (χ4n) is 3.71. The summed E-state index contributed by atoms with van der Waals surface area (Å²) in [5.41, 5.74) is 3.95. The van der Waals surface area contributed by atoms with Gasteiger partial charge in [-0.25, -0.2) is 9.78 Å². The van der Waals surface area contributed by atoms with Gasteiger partial charge in [-0.2, -0.15) is 22.8 Å². The number of benzene rings is 2. The summed E-state index contributed by atoms with van der Waals surface area (Å²) in [6.45, 7) is 5.71. The van der Waals surface area contributed by atoms with Crippen molar-refractivity contribution in [2.75, 3.05) is 5.32 Å². The van der Waals surface area contributed by atoms with Gasteiger partial charge in [-0.3, -0.25) is 0 Å². The lowest BCUT2D eigenvalue weighted by Crippen LogP contribution is -2.08. The van der Waals surface area contributed by atoms with Crippen LogP contribution in [-0.2, 0) is 6.18 Å². The summed E-state index contributed by atoms with van der Waals surface area (Å²) in [6.07, 6.45) is -4.45. The molecule has 4 rings (SSSR count). The van der Waals surface area contributed by atoms with Crippen LogP contribution in [0.3, 0.4) is 0 Å². The highest BCUT2D eigenvalue weighted by Gasteiger charge is 2.30. The predicted octanol–water partition coefficient (Wildman–Crippen LogP) is 5.78. The summed E-state index contributed by atoms with van der Waals surface area (Å²) in [4.78, 5) is 16.1. The molecule has 0 aliphatic carbocycles. The average Bonchev–Trinajstić information content (AvgIpc) is 3.04. The summed E-state index contributed by atoms with van der Waals surface area (Å²) in [5.74, 6) is -0.956. The third kappa shape index (κ3) is 3.77. The molecular weight excluding hydrogens is 421 g/mol. The first-order chi connectivity index (χ1) is 15.1. The fourth-order valence-corrected chi connectivity index (χ4v) is 3.71. The Bertz CT molecular complexity index is 1320. The molecule has 0 saturated carbocycles. The molecule has 0 bridgehead atoms. The van der Waals surface area contributed by atoms with E-state index in [4.69, 9.17) is 0 Å². The lowest BCUT2D eigenvalue weighted by molar-refractivity contribution is -0.137. The van der Waals surface area contributed by atoms with Crippen LogP contribution in [0.1, 0.15) is 32.9 Å². The quantitative estimate of drug-likeness (QED) is 0.420. The number of carboxylic acid groups (broad SMARTS) is 1. The molecule has 0 fully saturated rings. The molecule has 0 aliphatic rings. The molecule has 0 aliphatic heterocycles. The zero-order valence-corrected chi connectivity index (χ0v) is 17.4. The number of hydrogen-bond donors (Lipinski definition) is 2. The summed E-state index contributed by atoms with van der Waals surface area (Å²) < 4.78 is 40.1. The smallest absolute Gasteiger partial charge is 0.416 e. The van der Waals surface area contributed by atoms with Gasteiger partial charge in [0.05, 0.1) is 16.8 Å². The summed E-state index contributed by atoms with van der Waals surface area (Å²) in [6, 6.07) is 11.6. The Morgan fingerprint density at radius 2 is 1.62 bits per heavy atom. The molecule has 164 valence electrons. The number of aromatic carboxylic acids is 1. The molecule has 0 unspecified atom stereocenters. The lowest BCUT2D eigenvalue weighted by atomic mass is 9.96. The van der Waals surface area contributed by atoms with Gasteiger partial charge in [0.2, 0.25) is 0 Å². The lowest BCUT2D eigenvalue weighted by Gasteiger charge is -2.12. The molecule has 0 atom stereocenters. The average molecular weight is 440 g/mol. The molecule has 0 spiro atoms. The van der Waals surface area contributed by atoms with Crippen LogP contribution in [-0.4, -0.2) is 25.7 Å². The third-order valence-electron chi connectivity index (χ3n) is 5.20. The monoisotopic (exact) mass is 440 g/mol. The van der Waals surface area contributed by atoms with E-state index in [9.17, 15) is 23.1 Å². The van der Waals surface area contributed by atoms with Crippen molar-refractivity contribution in [3.63, 3.8) is 0 Å². The molecule has 2 heterocycles. The molecule has 2 N–H and O–H groups in total. The van der Waals surface area contributed by atoms with Crippen LogP contribution in [0.2, 0.25) is 0 Å². The Morgan fingerprint density at radius 1 is 1.00 bits per heavy atom. The number of nitrogens with one attached hydrogen (secondary N) is 1. The molecule has 0 saturated heterocycles. The fraction of sp³-hybridized carbons (Fsp3) is 0.174. The first-order valence-corrected chi connectivity index (χ1v) is 9.71. The van der Waals surface area contributed by atoms with Crippen molar-refractivity contribution in [1.82, 2.24) is 14.6 Å². The second-order valence-electron chi connectivity index (χ2n) is 7.49. The number of carbonyl (C=O) groups is 1. The number of hydrogen-bond acceptors (Lipinski definition) is 4. The number of anilines is 2. The number of fused-ring (bicyclic) bond motifs is 1. The molecule has 4 aromatic rings. The molecular formula is C23H19F3N4O2. The van der Waals surface area contributed by atoms with Crippen LogP contribution in [0, 0.1) is 20.8 Å². The highest BCUT2D eigenvalue weighted by Crippen LogP contribution is 2.35. The van der Waals surface area contributed by atoms with Gasteiger partial charge in [-0.05, 0) is 61.7 Å². The Hall–Kier alpha value is -3.88. The first-order valence-electron chi connectivity index (χ1n) is 9.71. The zero-order valence-electron chi connectivity index (χ0n) is 17.4. The number of nitrogens with zero attached hydrogens (tertiary/aromatic N) is 3. The molecule has 2 aromatic heterocycles. The molecule has 6 nitrogen and oxygen atoms in total. The Morgan fingerprint density at radius 3 is 2.19 bits per heavy atom. The predicted molar refractivity (Wildman–Crippen MR) is 114 cm³/mol. The highest BCUT2D eigenvalue weighted by atomic mass is 19.4. The van der Waals surface area contributed by atoms with E-state index in [2.05, 4.69) is 15.4 Å². The second-order valence-corrected chi connectivity index (χ2v) is 7.49. The van der Waals surface area contributed by atoms with Crippen molar-refractivity contribution in [2.24, 2.45) is 0 Å². The molecule has 0 amide bonds. The van der Waals surface area contributed by atoms with Crippen molar-refractivity contribution in [3.8, 4) is 11.1 Å². The molecule has 9 heteroatoms. The first kappa shape index (κ1) is 21.4. The standard InChI is InChI=1S/C23H19F3N4O2/c1-12-5-4-6-13(2)19(12)20-14(3)29-30-18(11-17(22(31)32)28-21(20)30)27-16-9-7-15(8-10-16)23(24,25)26/h4-11,27H,1-3H3,(H,31,32). The van der Waals surface area contributed by atoms with Gasteiger partial charge in [0.1, 0.15) is 5.82 Å². The summed E-state index contributed by atoms with van der Waals surface area (Å²) in [7, 11) is 0. The summed E-state index contributed by atoms with van der Waals surface area (Å²) >= 11 is 0. The van der Waals surface area contributed by atoms with Crippen LogP contribution < -0.4 is 5.32 Å². The van der Waals surface area contributed by atoms with Gasteiger partial charge in [-0.15, -0.1) is 0 Å². The van der Waals surface area contributed by atoms with E-state index in [1.165, 1.54) is 22.7 Å². The molecule has 0 radical (unpaired) electrons. The van der Waals surface area contributed by atoms with Crippen molar-refractivity contribution < 1.29 is 23.1 Å². The van der Waals surface area contributed by atoms with E-state index in [1.54, 1.807) is 6.92 Å². The highest BCUT2D eigenvalue weighted by molar-refractivity contribution is 5.90. The minimum atomic E-state index is -4.45. The normalized spacial score (nSPS) is 11.7. The van der Waals surface area contributed by atoms with Crippen LogP contribution in [0.25, 0.3) is 16.8 Å². The largest absolute Gasteiger partial charge is 0.477 e. The Balaban J connectivity index is 1.90. The minimum absolute atomic E-state index is 0.209. The molecule has 32 heavy (non-hydrogen) atoms.